The number of aromatic nitrogens is 1. The highest BCUT2D eigenvalue weighted by molar-refractivity contribution is 5.83. The molecule has 0 aliphatic rings. The molecule has 1 N–H and O–H groups in total. The number of hydrogen-bond donors (Lipinski definition) is 1. The molecule has 0 aliphatic heterocycles. The van der Waals surface area contributed by atoms with Gasteiger partial charge in [0.2, 0.25) is 0 Å². The molecule has 0 fully saturated rings. The Balaban J connectivity index is 1.87. The van der Waals surface area contributed by atoms with Crippen molar-refractivity contribution in [1.29, 1.82) is 0 Å². The van der Waals surface area contributed by atoms with E-state index in [1.165, 1.54) is 22.9 Å². The van der Waals surface area contributed by atoms with Crippen LogP contribution in [0.5, 0.6) is 0 Å². The van der Waals surface area contributed by atoms with Crippen LogP contribution in [-0.4, -0.2) is 17.7 Å². The van der Waals surface area contributed by atoms with Gasteiger partial charge >= 0.3 is 0 Å². The summed E-state index contributed by atoms with van der Waals surface area (Å²) in [6.45, 7) is 12.2. The zero-order valence-electron chi connectivity index (χ0n) is 12.7. The summed E-state index contributed by atoms with van der Waals surface area (Å²) in [5.74, 6) is 0. The largest absolute Gasteiger partial charge is 0.346 e. The quantitative estimate of drug-likeness (QED) is 0.803. The number of nitrogens with one attached hydrogen (secondary N) is 1. The van der Waals surface area contributed by atoms with Crippen molar-refractivity contribution in [1.82, 2.24) is 9.88 Å². The first-order valence-corrected chi connectivity index (χ1v) is 7.22. The second-order valence-corrected chi connectivity index (χ2v) is 6.58. The average Bonchev–Trinajstić information content (AvgIpc) is 2.72. The maximum Gasteiger partial charge on any atom is 0.0483 e. The molecule has 1 aromatic carbocycles. The molecule has 2 nitrogen and oxygen atoms in total. The van der Waals surface area contributed by atoms with E-state index < -0.39 is 0 Å². The first-order chi connectivity index (χ1) is 8.97. The van der Waals surface area contributed by atoms with Crippen molar-refractivity contribution in [3.8, 4) is 0 Å². The summed E-state index contributed by atoms with van der Waals surface area (Å²) in [5, 5.41) is 4.91. The Kier molecular flexibility index (Phi) is 4.31. The van der Waals surface area contributed by atoms with E-state index in [9.17, 15) is 0 Å². The third-order valence-corrected chi connectivity index (χ3v) is 3.61. The third-order valence-electron chi connectivity index (χ3n) is 3.61. The molecule has 0 bridgehead atoms. The van der Waals surface area contributed by atoms with Gasteiger partial charge in [-0.3, -0.25) is 0 Å². The fraction of sp³-hybridized carbons (Fsp3) is 0.529. The maximum absolute atomic E-state index is 3.54. The maximum atomic E-state index is 3.54. The summed E-state index contributed by atoms with van der Waals surface area (Å²) in [5.41, 5.74) is 3.12. The molecular weight excluding hydrogens is 232 g/mol. The van der Waals surface area contributed by atoms with Gasteiger partial charge in [-0.05, 0) is 43.0 Å². The van der Waals surface area contributed by atoms with E-state index in [2.05, 4.69) is 68.0 Å². The Morgan fingerprint density at radius 2 is 1.89 bits per heavy atom. The molecule has 0 aliphatic carbocycles. The van der Waals surface area contributed by atoms with Crippen LogP contribution in [0.1, 0.15) is 32.8 Å². The average molecular weight is 258 g/mol. The molecule has 0 atom stereocenters. The molecule has 19 heavy (non-hydrogen) atoms. The summed E-state index contributed by atoms with van der Waals surface area (Å²) < 4.78 is 2.34. The number of nitrogens with zero attached hydrogens (tertiary/aromatic N) is 1. The normalized spacial score (nSPS) is 12.2. The second-order valence-electron chi connectivity index (χ2n) is 6.58. The van der Waals surface area contributed by atoms with Crippen molar-refractivity contribution in [2.75, 3.05) is 13.1 Å². The zero-order valence-corrected chi connectivity index (χ0v) is 12.7. The Morgan fingerprint density at radius 3 is 2.63 bits per heavy atom. The Labute approximate surface area is 116 Å². The van der Waals surface area contributed by atoms with Crippen LogP contribution in [0, 0.1) is 12.3 Å². The molecule has 0 saturated heterocycles. The smallest absolute Gasteiger partial charge is 0.0483 e. The molecule has 0 spiro atoms. The molecule has 0 unspecified atom stereocenters. The highest BCUT2D eigenvalue weighted by atomic mass is 15.0. The van der Waals surface area contributed by atoms with Crippen LogP contribution in [0.2, 0.25) is 0 Å². The van der Waals surface area contributed by atoms with Crippen molar-refractivity contribution in [3.05, 3.63) is 36.0 Å². The van der Waals surface area contributed by atoms with Crippen molar-refractivity contribution in [3.63, 3.8) is 0 Å². The van der Waals surface area contributed by atoms with Crippen molar-refractivity contribution < 1.29 is 0 Å². The molecule has 0 amide bonds. The van der Waals surface area contributed by atoms with Crippen LogP contribution >= 0.6 is 0 Å². The molecule has 2 aromatic rings. The van der Waals surface area contributed by atoms with Gasteiger partial charge < -0.3 is 9.88 Å². The molecular formula is C17H26N2. The molecule has 2 heteroatoms. The van der Waals surface area contributed by atoms with E-state index >= 15 is 0 Å². The SMILES string of the molecule is Cc1cccc2c1ccn2CCNCCC(C)(C)C. The lowest BCUT2D eigenvalue weighted by molar-refractivity contribution is 0.365. The molecule has 1 aromatic heterocycles. The standard InChI is InChI=1S/C17H26N2/c1-14-6-5-7-16-15(14)8-12-19(16)13-11-18-10-9-17(2,3)4/h5-8,12,18H,9-11,13H2,1-4H3. The first kappa shape index (κ1) is 14.1. The number of rotatable bonds is 5. The summed E-state index contributed by atoms with van der Waals surface area (Å²) in [6.07, 6.45) is 3.42. The Morgan fingerprint density at radius 1 is 1.11 bits per heavy atom. The number of aryl methyl sites for hydroxylation is 1. The van der Waals surface area contributed by atoms with Gasteiger partial charge in [0, 0.05) is 30.2 Å². The predicted octanol–water partition coefficient (Wildman–Crippen LogP) is 3.98. The van der Waals surface area contributed by atoms with Crippen LogP contribution in [-0.2, 0) is 6.54 Å². The van der Waals surface area contributed by atoms with Crippen molar-refractivity contribution >= 4 is 10.9 Å². The molecule has 0 radical (unpaired) electrons. The molecule has 104 valence electrons. The van der Waals surface area contributed by atoms with Gasteiger partial charge in [0.1, 0.15) is 0 Å². The van der Waals surface area contributed by atoms with Crippen LogP contribution in [0.25, 0.3) is 10.9 Å². The van der Waals surface area contributed by atoms with Crippen molar-refractivity contribution in [2.45, 2.75) is 40.7 Å². The van der Waals surface area contributed by atoms with Crippen LogP contribution in [0.15, 0.2) is 30.5 Å². The molecule has 1 heterocycles. The van der Waals surface area contributed by atoms with Crippen LogP contribution < -0.4 is 5.32 Å². The lowest BCUT2D eigenvalue weighted by Crippen LogP contribution is -2.24. The van der Waals surface area contributed by atoms with Gasteiger partial charge in [-0.2, -0.15) is 0 Å². The van der Waals surface area contributed by atoms with E-state index in [4.69, 9.17) is 0 Å². The van der Waals surface area contributed by atoms with Gasteiger partial charge in [0.05, 0.1) is 0 Å². The van der Waals surface area contributed by atoms with E-state index in [0.717, 1.165) is 19.6 Å². The number of fused-ring (bicyclic) bond motifs is 1. The zero-order chi connectivity index (χ0) is 13.9. The minimum absolute atomic E-state index is 0.421. The van der Waals surface area contributed by atoms with Gasteiger partial charge in [-0.25, -0.2) is 0 Å². The van der Waals surface area contributed by atoms with E-state index in [1.54, 1.807) is 0 Å². The fourth-order valence-corrected chi connectivity index (χ4v) is 2.36. The lowest BCUT2D eigenvalue weighted by Gasteiger charge is -2.18. The number of benzene rings is 1. The predicted molar refractivity (Wildman–Crippen MR) is 83.6 cm³/mol. The summed E-state index contributed by atoms with van der Waals surface area (Å²) >= 11 is 0. The first-order valence-electron chi connectivity index (χ1n) is 7.22. The fourth-order valence-electron chi connectivity index (χ4n) is 2.36. The lowest BCUT2D eigenvalue weighted by atomic mass is 9.92. The molecule has 2 rings (SSSR count). The highest BCUT2D eigenvalue weighted by Gasteiger charge is 2.08. The number of hydrogen-bond acceptors (Lipinski definition) is 1. The highest BCUT2D eigenvalue weighted by Crippen LogP contribution is 2.19. The van der Waals surface area contributed by atoms with Gasteiger partial charge in [0.25, 0.3) is 0 Å². The van der Waals surface area contributed by atoms with E-state index in [-0.39, 0.29) is 0 Å². The van der Waals surface area contributed by atoms with E-state index in [0.29, 0.717) is 5.41 Å². The monoisotopic (exact) mass is 258 g/mol. The minimum Gasteiger partial charge on any atom is -0.346 e. The van der Waals surface area contributed by atoms with Gasteiger partial charge in [0.15, 0.2) is 0 Å². The van der Waals surface area contributed by atoms with Gasteiger partial charge in [-0.1, -0.05) is 32.9 Å². The van der Waals surface area contributed by atoms with E-state index in [1.807, 2.05) is 0 Å². The molecule has 0 saturated carbocycles. The topological polar surface area (TPSA) is 17.0 Å². The third kappa shape index (κ3) is 3.84. The summed E-state index contributed by atoms with van der Waals surface area (Å²) in [4.78, 5) is 0. The van der Waals surface area contributed by atoms with Crippen LogP contribution in [0.3, 0.4) is 0 Å². The second kappa shape index (κ2) is 5.79. The van der Waals surface area contributed by atoms with Crippen LogP contribution in [0.4, 0.5) is 0 Å². The minimum atomic E-state index is 0.421. The summed E-state index contributed by atoms with van der Waals surface area (Å²) in [6, 6.07) is 8.74. The Bertz CT molecular complexity index is 532. The van der Waals surface area contributed by atoms with Gasteiger partial charge in [-0.15, -0.1) is 0 Å². The Hall–Kier alpha value is -1.28. The van der Waals surface area contributed by atoms with Crippen molar-refractivity contribution in [2.24, 2.45) is 5.41 Å². The summed E-state index contributed by atoms with van der Waals surface area (Å²) in [7, 11) is 0.